The predicted molar refractivity (Wildman–Crippen MR) is 103 cm³/mol. The van der Waals surface area contributed by atoms with E-state index in [-0.39, 0.29) is 18.3 Å². The Morgan fingerprint density at radius 2 is 1.92 bits per heavy atom. The molecule has 0 bridgehead atoms. The van der Waals surface area contributed by atoms with Crippen LogP contribution in [0.1, 0.15) is 16.7 Å². The summed E-state index contributed by atoms with van der Waals surface area (Å²) in [7, 11) is 0. The molecule has 5 nitrogen and oxygen atoms in total. The summed E-state index contributed by atoms with van der Waals surface area (Å²) >= 11 is 0. The Kier molecular flexibility index (Phi) is 5.17. The van der Waals surface area contributed by atoms with Crippen LogP contribution in [-0.2, 0) is 4.79 Å². The van der Waals surface area contributed by atoms with Gasteiger partial charge in [0.05, 0.1) is 6.21 Å². The molecule has 3 aromatic rings. The molecular weight excluding hydrogens is 328 g/mol. The normalized spacial score (nSPS) is 11.0. The number of fused-ring (bicyclic) bond motifs is 1. The minimum Gasteiger partial charge on any atom is -0.507 e. The lowest BCUT2D eigenvalue weighted by Gasteiger charge is -2.07. The van der Waals surface area contributed by atoms with E-state index in [1.165, 1.54) is 11.8 Å². The summed E-state index contributed by atoms with van der Waals surface area (Å²) < 4.78 is 5.45. The highest BCUT2D eigenvalue weighted by Gasteiger charge is 2.05. The van der Waals surface area contributed by atoms with Gasteiger partial charge in [-0.25, -0.2) is 5.43 Å². The maximum atomic E-state index is 11.8. The zero-order valence-corrected chi connectivity index (χ0v) is 14.7. The Bertz CT molecular complexity index is 980. The number of nitrogens with one attached hydrogen (secondary N) is 1. The smallest absolute Gasteiger partial charge is 0.277 e. The Labute approximate surface area is 151 Å². The van der Waals surface area contributed by atoms with Crippen LogP contribution in [0.4, 0.5) is 0 Å². The van der Waals surface area contributed by atoms with Gasteiger partial charge in [0.2, 0.25) is 0 Å². The largest absolute Gasteiger partial charge is 0.507 e. The Hall–Kier alpha value is -3.34. The highest BCUT2D eigenvalue weighted by atomic mass is 16.5. The summed E-state index contributed by atoms with van der Waals surface area (Å²) in [6.45, 7) is 3.87. The zero-order valence-electron chi connectivity index (χ0n) is 14.7. The van der Waals surface area contributed by atoms with E-state index in [0.717, 1.165) is 16.3 Å². The molecule has 0 aliphatic heterocycles. The molecule has 5 heteroatoms. The molecule has 26 heavy (non-hydrogen) atoms. The second-order valence-corrected chi connectivity index (χ2v) is 6.05. The van der Waals surface area contributed by atoms with Crippen molar-refractivity contribution in [2.75, 3.05) is 6.61 Å². The molecule has 0 atom stereocenters. The first-order valence-corrected chi connectivity index (χ1v) is 8.27. The maximum Gasteiger partial charge on any atom is 0.277 e. The van der Waals surface area contributed by atoms with Gasteiger partial charge in [0.15, 0.2) is 6.61 Å². The van der Waals surface area contributed by atoms with E-state index < -0.39 is 0 Å². The third kappa shape index (κ3) is 4.00. The number of carbonyl (C=O) groups excluding carboxylic acids is 1. The third-order valence-electron chi connectivity index (χ3n) is 4.17. The van der Waals surface area contributed by atoms with Gasteiger partial charge in [-0.2, -0.15) is 5.10 Å². The van der Waals surface area contributed by atoms with Gasteiger partial charge in [-0.3, -0.25) is 4.79 Å². The summed E-state index contributed by atoms with van der Waals surface area (Å²) in [5.41, 5.74) is 5.20. The van der Waals surface area contributed by atoms with Crippen LogP contribution in [-0.4, -0.2) is 23.8 Å². The number of hydrogen-bond acceptors (Lipinski definition) is 4. The van der Waals surface area contributed by atoms with Crippen LogP contribution in [0.15, 0.2) is 59.7 Å². The van der Waals surface area contributed by atoms with Crippen molar-refractivity contribution in [3.63, 3.8) is 0 Å². The molecule has 0 heterocycles. The van der Waals surface area contributed by atoms with Crippen molar-refractivity contribution in [2.45, 2.75) is 13.8 Å². The Morgan fingerprint density at radius 1 is 1.12 bits per heavy atom. The fraction of sp³-hybridized carbons (Fsp3) is 0.143. The highest BCUT2D eigenvalue weighted by Crippen LogP contribution is 2.27. The molecule has 1 amide bonds. The fourth-order valence-electron chi connectivity index (χ4n) is 2.53. The van der Waals surface area contributed by atoms with Crippen LogP contribution in [0.5, 0.6) is 11.5 Å². The third-order valence-corrected chi connectivity index (χ3v) is 4.17. The van der Waals surface area contributed by atoms with E-state index in [9.17, 15) is 9.90 Å². The number of nitrogens with zero attached hydrogens (tertiary/aromatic N) is 1. The number of benzene rings is 3. The van der Waals surface area contributed by atoms with E-state index in [4.69, 9.17) is 4.74 Å². The van der Waals surface area contributed by atoms with Crippen LogP contribution < -0.4 is 10.2 Å². The van der Waals surface area contributed by atoms with Crippen molar-refractivity contribution in [3.8, 4) is 11.5 Å². The van der Waals surface area contributed by atoms with Crippen LogP contribution in [0, 0.1) is 13.8 Å². The molecule has 0 unspecified atom stereocenters. The van der Waals surface area contributed by atoms with Gasteiger partial charge in [-0.05, 0) is 48.6 Å². The number of ether oxygens (including phenoxy) is 1. The Morgan fingerprint density at radius 3 is 2.73 bits per heavy atom. The van der Waals surface area contributed by atoms with Crippen LogP contribution in [0.25, 0.3) is 10.8 Å². The van der Waals surface area contributed by atoms with Crippen molar-refractivity contribution in [3.05, 3.63) is 71.3 Å². The summed E-state index contributed by atoms with van der Waals surface area (Å²) in [5, 5.41) is 15.8. The second-order valence-electron chi connectivity index (χ2n) is 6.05. The first-order chi connectivity index (χ1) is 12.5. The summed E-state index contributed by atoms with van der Waals surface area (Å²) in [6.07, 6.45) is 1.41. The molecule has 0 fully saturated rings. The fourth-order valence-corrected chi connectivity index (χ4v) is 2.53. The standard InChI is InChI=1S/C21H20N2O3/c1-14-7-10-18(11-15(14)2)26-13-20(24)23-22-12-17-9-8-16-5-3-4-6-19(16)21(17)25/h3-12,25H,13H2,1-2H3,(H,23,24). The number of carbonyl (C=O) groups is 1. The van der Waals surface area contributed by atoms with E-state index in [1.807, 2.05) is 62.4 Å². The maximum absolute atomic E-state index is 11.8. The number of phenolic OH excluding ortho intramolecular Hbond substituents is 1. The molecular formula is C21H20N2O3. The van der Waals surface area contributed by atoms with Gasteiger partial charge in [0.25, 0.3) is 5.91 Å². The van der Waals surface area contributed by atoms with Gasteiger partial charge in [0.1, 0.15) is 11.5 Å². The topological polar surface area (TPSA) is 70.9 Å². The Balaban J connectivity index is 1.59. The van der Waals surface area contributed by atoms with Gasteiger partial charge in [-0.15, -0.1) is 0 Å². The number of rotatable bonds is 5. The van der Waals surface area contributed by atoms with Gasteiger partial charge in [0, 0.05) is 10.9 Å². The van der Waals surface area contributed by atoms with Crippen LogP contribution >= 0.6 is 0 Å². The number of phenols is 1. The molecule has 0 saturated heterocycles. The van der Waals surface area contributed by atoms with E-state index in [0.29, 0.717) is 11.3 Å². The molecule has 0 aliphatic rings. The molecule has 0 spiro atoms. The van der Waals surface area contributed by atoms with Crippen LogP contribution in [0.2, 0.25) is 0 Å². The second kappa shape index (κ2) is 7.70. The minimum atomic E-state index is -0.375. The molecule has 3 aromatic carbocycles. The monoisotopic (exact) mass is 348 g/mol. The number of aryl methyl sites for hydroxylation is 2. The first kappa shape index (κ1) is 17.5. The SMILES string of the molecule is Cc1ccc(OCC(=O)NN=Cc2ccc3ccccc3c2O)cc1C. The lowest BCUT2D eigenvalue weighted by Crippen LogP contribution is -2.24. The number of amides is 1. The van der Waals surface area contributed by atoms with Crippen molar-refractivity contribution < 1.29 is 14.6 Å². The quantitative estimate of drug-likeness (QED) is 0.546. The summed E-state index contributed by atoms with van der Waals surface area (Å²) in [5.74, 6) is 0.395. The van der Waals surface area contributed by atoms with Crippen molar-refractivity contribution in [1.29, 1.82) is 0 Å². The van der Waals surface area contributed by atoms with Crippen molar-refractivity contribution >= 4 is 22.9 Å². The van der Waals surface area contributed by atoms with Gasteiger partial charge in [-0.1, -0.05) is 36.4 Å². The highest BCUT2D eigenvalue weighted by molar-refractivity contribution is 5.97. The molecule has 0 aromatic heterocycles. The van der Waals surface area contributed by atoms with Crippen LogP contribution in [0.3, 0.4) is 0 Å². The van der Waals surface area contributed by atoms with Crippen molar-refractivity contribution in [2.24, 2.45) is 5.10 Å². The number of hydrazone groups is 1. The van der Waals surface area contributed by atoms with Gasteiger partial charge >= 0.3 is 0 Å². The average molecular weight is 348 g/mol. The zero-order chi connectivity index (χ0) is 18.5. The van der Waals surface area contributed by atoms with E-state index in [2.05, 4.69) is 10.5 Å². The molecule has 0 aliphatic carbocycles. The number of hydrogen-bond donors (Lipinski definition) is 2. The summed E-state index contributed by atoms with van der Waals surface area (Å²) in [6, 6.07) is 16.8. The predicted octanol–water partition coefficient (Wildman–Crippen LogP) is 3.69. The molecule has 3 rings (SSSR count). The number of aromatic hydroxyl groups is 1. The molecule has 0 saturated carbocycles. The van der Waals surface area contributed by atoms with Gasteiger partial charge < -0.3 is 9.84 Å². The minimum absolute atomic E-state index is 0.132. The molecule has 132 valence electrons. The molecule has 2 N–H and O–H groups in total. The van der Waals surface area contributed by atoms with E-state index in [1.54, 1.807) is 6.07 Å². The van der Waals surface area contributed by atoms with E-state index >= 15 is 0 Å². The molecule has 0 radical (unpaired) electrons. The lowest BCUT2D eigenvalue weighted by molar-refractivity contribution is -0.123. The van der Waals surface area contributed by atoms with Crippen molar-refractivity contribution in [1.82, 2.24) is 5.43 Å². The average Bonchev–Trinajstić information content (AvgIpc) is 2.65. The first-order valence-electron chi connectivity index (χ1n) is 8.27. The summed E-state index contributed by atoms with van der Waals surface area (Å²) in [4.78, 5) is 11.8. The lowest BCUT2D eigenvalue weighted by atomic mass is 10.1.